The molecule has 0 atom stereocenters. The molecule has 3 aromatic rings. The van der Waals surface area contributed by atoms with Crippen molar-refractivity contribution in [3.8, 4) is 5.75 Å². The van der Waals surface area contributed by atoms with E-state index in [2.05, 4.69) is 5.32 Å². The summed E-state index contributed by atoms with van der Waals surface area (Å²) < 4.78 is 5.29. The highest BCUT2D eigenvalue weighted by atomic mass is 32.2. The molecule has 0 radical (unpaired) electrons. The van der Waals surface area contributed by atoms with Crippen molar-refractivity contribution < 1.29 is 14.3 Å². The van der Waals surface area contributed by atoms with Gasteiger partial charge in [-0.25, -0.2) is 4.79 Å². The van der Waals surface area contributed by atoms with Crippen LogP contribution in [0.3, 0.4) is 0 Å². The molecule has 2 aliphatic rings. The molecule has 0 bridgehead atoms. The number of ether oxygens (including phenoxy) is 1. The zero-order chi connectivity index (χ0) is 22.8. The molecule has 3 amide bonds. The Morgan fingerprint density at radius 1 is 0.970 bits per heavy atom. The molecule has 0 aliphatic carbocycles. The van der Waals surface area contributed by atoms with E-state index in [1.165, 1.54) is 0 Å². The largest absolute Gasteiger partial charge is 0.497 e. The number of likely N-dealkylation sites (tertiary alicyclic amines) is 1. The molecule has 3 aromatic carbocycles. The number of benzene rings is 3. The van der Waals surface area contributed by atoms with Gasteiger partial charge < -0.3 is 19.9 Å². The molecule has 0 unspecified atom stereocenters. The summed E-state index contributed by atoms with van der Waals surface area (Å²) in [7, 11) is 1.61. The van der Waals surface area contributed by atoms with Gasteiger partial charge in [-0.3, -0.25) is 4.79 Å². The average molecular weight is 462 g/mol. The van der Waals surface area contributed by atoms with E-state index in [1.807, 2.05) is 82.2 Å². The monoisotopic (exact) mass is 461 g/mol. The topological polar surface area (TPSA) is 61.9 Å². The van der Waals surface area contributed by atoms with E-state index < -0.39 is 0 Å². The van der Waals surface area contributed by atoms with Crippen molar-refractivity contribution in [1.29, 1.82) is 0 Å². The molecule has 1 N–H and O–H groups in total. The zero-order valence-corrected chi connectivity index (χ0v) is 19.4. The lowest BCUT2D eigenvalue weighted by Gasteiger charge is -2.44. The summed E-state index contributed by atoms with van der Waals surface area (Å²) in [6.07, 6.45) is 1.52. The number of fused-ring (bicyclic) bond motifs is 1. The van der Waals surface area contributed by atoms with Crippen LogP contribution >= 0.6 is 11.8 Å². The van der Waals surface area contributed by atoms with E-state index in [0.717, 1.165) is 41.6 Å². The molecular formula is C26H27N3O3S. The van der Waals surface area contributed by atoms with Gasteiger partial charge in [-0.05, 0) is 42.5 Å². The summed E-state index contributed by atoms with van der Waals surface area (Å²) in [6.45, 7) is 1.96. The summed E-state index contributed by atoms with van der Waals surface area (Å²) in [6, 6.07) is 21.2. The lowest BCUT2D eigenvalue weighted by atomic mass is 10.0. The summed E-state index contributed by atoms with van der Waals surface area (Å²) in [5.74, 6) is 1.63. The van der Waals surface area contributed by atoms with Crippen molar-refractivity contribution in [2.45, 2.75) is 17.7 Å². The van der Waals surface area contributed by atoms with Crippen molar-refractivity contribution in [3.63, 3.8) is 0 Å². The third kappa shape index (κ3) is 4.13. The van der Waals surface area contributed by atoms with Crippen LogP contribution in [0.2, 0.25) is 0 Å². The van der Waals surface area contributed by atoms with Gasteiger partial charge in [0, 0.05) is 36.3 Å². The average Bonchev–Trinajstić information content (AvgIpc) is 3.27. The van der Waals surface area contributed by atoms with Gasteiger partial charge in [0.1, 0.15) is 5.75 Å². The second-order valence-corrected chi connectivity index (χ2v) is 9.88. The molecule has 170 valence electrons. The summed E-state index contributed by atoms with van der Waals surface area (Å²) >= 11 is 1.84. The molecule has 0 aromatic heterocycles. The van der Waals surface area contributed by atoms with E-state index in [-0.39, 0.29) is 16.8 Å². The van der Waals surface area contributed by atoms with Crippen LogP contribution in [-0.2, 0) is 0 Å². The minimum atomic E-state index is -0.254. The normalized spacial score (nSPS) is 17.4. The van der Waals surface area contributed by atoms with Gasteiger partial charge in [0.05, 0.1) is 17.7 Å². The minimum absolute atomic E-state index is 0.0348. The summed E-state index contributed by atoms with van der Waals surface area (Å²) in [5.41, 5.74) is 1.47. The minimum Gasteiger partial charge on any atom is -0.497 e. The molecule has 2 aliphatic heterocycles. The number of anilines is 1. The Kier molecular flexibility index (Phi) is 5.89. The number of amides is 3. The predicted molar refractivity (Wildman–Crippen MR) is 133 cm³/mol. The predicted octanol–water partition coefficient (Wildman–Crippen LogP) is 5.06. The molecule has 6 nitrogen and oxygen atoms in total. The lowest BCUT2D eigenvalue weighted by Crippen LogP contribution is -2.54. The van der Waals surface area contributed by atoms with E-state index in [4.69, 9.17) is 4.74 Å². The number of urea groups is 1. The molecule has 7 heteroatoms. The quantitative estimate of drug-likeness (QED) is 0.592. The Hall–Kier alpha value is -3.19. The smallest absolute Gasteiger partial charge is 0.321 e. The summed E-state index contributed by atoms with van der Waals surface area (Å²) in [4.78, 5) is 30.0. The fraction of sp³-hybridized carbons (Fsp3) is 0.308. The molecule has 1 spiro atoms. The first-order valence-electron chi connectivity index (χ1n) is 11.2. The molecular weight excluding hydrogens is 434 g/mol. The molecule has 5 rings (SSSR count). The summed E-state index contributed by atoms with van der Waals surface area (Å²) in [5, 5.41) is 5.22. The van der Waals surface area contributed by atoms with E-state index in [1.54, 1.807) is 13.2 Å². The van der Waals surface area contributed by atoms with Crippen LogP contribution in [0.5, 0.6) is 5.75 Å². The maximum absolute atomic E-state index is 13.3. The molecule has 0 saturated carbocycles. The fourth-order valence-electron chi connectivity index (χ4n) is 4.81. The maximum atomic E-state index is 13.3. The third-order valence-corrected chi connectivity index (χ3v) is 8.16. The second kappa shape index (κ2) is 8.98. The Bertz CT molecular complexity index is 1180. The van der Waals surface area contributed by atoms with E-state index >= 15 is 0 Å². The Balaban J connectivity index is 1.27. The SMILES string of the molecule is COc1cccc(C(=O)N2CCSC23CCN(C(=O)Nc2cccc4ccccc24)CC3)c1. The molecule has 2 heterocycles. The number of thioether (sulfide) groups is 1. The van der Waals surface area contributed by atoms with Crippen molar-refractivity contribution >= 4 is 40.2 Å². The van der Waals surface area contributed by atoms with Crippen LogP contribution in [0.1, 0.15) is 23.2 Å². The van der Waals surface area contributed by atoms with Gasteiger partial charge in [0.25, 0.3) is 5.91 Å². The highest BCUT2D eigenvalue weighted by Gasteiger charge is 2.47. The first kappa shape index (κ1) is 21.6. The molecule has 33 heavy (non-hydrogen) atoms. The number of methoxy groups -OCH3 is 1. The van der Waals surface area contributed by atoms with Crippen LogP contribution in [0.15, 0.2) is 66.7 Å². The van der Waals surface area contributed by atoms with Crippen molar-refractivity contribution in [1.82, 2.24) is 9.80 Å². The van der Waals surface area contributed by atoms with Crippen LogP contribution in [0.25, 0.3) is 10.8 Å². The molecule has 2 saturated heterocycles. The Morgan fingerprint density at radius 2 is 1.73 bits per heavy atom. The van der Waals surface area contributed by atoms with Crippen LogP contribution in [-0.4, -0.2) is 59.1 Å². The number of nitrogens with one attached hydrogen (secondary N) is 1. The van der Waals surface area contributed by atoms with Crippen LogP contribution in [0.4, 0.5) is 10.5 Å². The van der Waals surface area contributed by atoms with Crippen molar-refractivity contribution in [3.05, 3.63) is 72.3 Å². The van der Waals surface area contributed by atoms with E-state index in [9.17, 15) is 9.59 Å². The Labute approximate surface area is 197 Å². The second-order valence-electron chi connectivity index (χ2n) is 8.43. The van der Waals surface area contributed by atoms with Crippen molar-refractivity contribution in [2.24, 2.45) is 0 Å². The van der Waals surface area contributed by atoms with Crippen LogP contribution < -0.4 is 10.1 Å². The molecule has 2 fully saturated rings. The maximum Gasteiger partial charge on any atom is 0.321 e. The van der Waals surface area contributed by atoms with Gasteiger partial charge in [0.15, 0.2) is 0 Å². The van der Waals surface area contributed by atoms with Crippen LogP contribution in [0, 0.1) is 0 Å². The number of piperidine rings is 1. The van der Waals surface area contributed by atoms with E-state index in [0.29, 0.717) is 24.4 Å². The van der Waals surface area contributed by atoms with Crippen molar-refractivity contribution in [2.75, 3.05) is 37.8 Å². The number of hydrogen-bond acceptors (Lipinski definition) is 4. The zero-order valence-electron chi connectivity index (χ0n) is 18.6. The number of rotatable bonds is 3. The number of nitrogens with zero attached hydrogens (tertiary/aromatic N) is 2. The number of carbonyl (C=O) groups excluding carboxylic acids is 2. The van der Waals surface area contributed by atoms with Gasteiger partial charge in [-0.2, -0.15) is 0 Å². The standard InChI is InChI=1S/C26H27N3O3S/c1-32-21-9-4-8-20(18-21)24(30)29-16-17-33-26(29)12-14-28(15-13-26)25(31)27-23-11-5-7-19-6-2-3-10-22(19)23/h2-11,18H,12-17H2,1H3,(H,27,31). The van der Waals surface area contributed by atoms with Gasteiger partial charge in [-0.1, -0.05) is 42.5 Å². The first-order chi connectivity index (χ1) is 16.1. The fourth-order valence-corrected chi connectivity index (χ4v) is 6.26. The van der Waals surface area contributed by atoms with Gasteiger partial charge >= 0.3 is 6.03 Å². The highest BCUT2D eigenvalue weighted by Crippen LogP contribution is 2.44. The number of carbonyl (C=O) groups is 2. The first-order valence-corrected chi connectivity index (χ1v) is 12.2. The third-order valence-electron chi connectivity index (χ3n) is 6.60. The highest BCUT2D eigenvalue weighted by molar-refractivity contribution is 8.00. The van der Waals surface area contributed by atoms with Gasteiger partial charge in [0.2, 0.25) is 0 Å². The Morgan fingerprint density at radius 3 is 2.55 bits per heavy atom. The lowest BCUT2D eigenvalue weighted by molar-refractivity contribution is 0.0585. The number of hydrogen-bond donors (Lipinski definition) is 1. The van der Waals surface area contributed by atoms with Gasteiger partial charge in [-0.15, -0.1) is 11.8 Å².